The van der Waals surface area contributed by atoms with Gasteiger partial charge in [-0.1, -0.05) is 227 Å². The number of carbonyl (C=O) groups excluding carboxylic acids is 2. The van der Waals surface area contributed by atoms with Gasteiger partial charge in [-0.2, -0.15) is 0 Å². The standard InChI is InChI=1S/C66H113NO10/c1-4-7-10-13-16-19-22-24-26-28-29-30-32-33-35-38-41-44-47-50-53-59(70)65(74)67-57(58(69)52-49-46-43-40-37-21-18-15-12-9-6-3)56-75-66-64(63(73)62(72)60(55-68)76-66)77-61(71)54-51-48-45-42-39-36-34-31-27-25-23-20-17-14-11-8-5-2/h16-17,19-20,24-27,29-30,33-36,49,52,57-60,62-64,66,68-70,72-73H,4-15,18,21-23,28,31-32,37-48,50-51,53-56H2,1-3H3,(H,67,74)/b19-16-,20-17-,26-24-,27-25-,30-29-,35-33-,36-34-,52-49+. The highest BCUT2D eigenvalue weighted by Gasteiger charge is 2.47. The molecule has 0 saturated carbocycles. The molecule has 442 valence electrons. The smallest absolute Gasteiger partial charge is 0.306 e. The second kappa shape index (κ2) is 53.2. The van der Waals surface area contributed by atoms with Gasteiger partial charge in [0.15, 0.2) is 12.4 Å². The van der Waals surface area contributed by atoms with Gasteiger partial charge < -0.3 is 45.1 Å². The lowest BCUT2D eigenvalue weighted by Crippen LogP contribution is -2.61. The molecule has 0 aromatic heterocycles. The summed E-state index contributed by atoms with van der Waals surface area (Å²) < 4.78 is 17.6. The molecule has 1 fully saturated rings. The molecule has 11 nitrogen and oxygen atoms in total. The number of esters is 1. The second-order valence-electron chi connectivity index (χ2n) is 21.1. The Kier molecular flexibility index (Phi) is 49.5. The third-order valence-corrected chi connectivity index (χ3v) is 14.0. The number of allylic oxidation sites excluding steroid dienone is 15. The van der Waals surface area contributed by atoms with Crippen LogP contribution in [0.2, 0.25) is 0 Å². The van der Waals surface area contributed by atoms with E-state index in [9.17, 15) is 35.1 Å². The molecule has 0 radical (unpaired) electrons. The molecule has 1 amide bonds. The molecule has 8 unspecified atom stereocenters. The van der Waals surface area contributed by atoms with Crippen molar-refractivity contribution >= 4 is 11.9 Å². The van der Waals surface area contributed by atoms with Crippen LogP contribution in [-0.2, 0) is 23.8 Å². The third-order valence-electron chi connectivity index (χ3n) is 14.0. The quantitative estimate of drug-likeness (QED) is 0.0195. The molecular formula is C66H113NO10. The minimum atomic E-state index is -1.63. The predicted octanol–water partition coefficient (Wildman–Crippen LogP) is 14.7. The van der Waals surface area contributed by atoms with Gasteiger partial charge in [-0.05, 0) is 109 Å². The van der Waals surface area contributed by atoms with Gasteiger partial charge in [0.1, 0.15) is 24.4 Å². The van der Waals surface area contributed by atoms with Crippen molar-refractivity contribution in [3.05, 3.63) is 97.2 Å². The summed E-state index contributed by atoms with van der Waals surface area (Å²) in [5.74, 6) is -1.24. The lowest BCUT2D eigenvalue weighted by Gasteiger charge is -2.41. The highest BCUT2D eigenvalue weighted by molar-refractivity contribution is 5.80. The summed E-state index contributed by atoms with van der Waals surface area (Å²) in [6, 6.07) is -1.04. The molecule has 0 aromatic carbocycles. The molecule has 6 N–H and O–H groups in total. The lowest BCUT2D eigenvalue weighted by molar-refractivity contribution is -0.305. The zero-order valence-electron chi connectivity index (χ0n) is 48.8. The average Bonchev–Trinajstić information content (AvgIpc) is 3.43. The van der Waals surface area contributed by atoms with Crippen molar-refractivity contribution in [2.45, 2.75) is 294 Å². The molecule has 1 aliphatic rings. The molecule has 0 spiro atoms. The molecule has 1 aliphatic heterocycles. The van der Waals surface area contributed by atoms with Crippen LogP contribution < -0.4 is 5.32 Å². The minimum Gasteiger partial charge on any atom is -0.454 e. The van der Waals surface area contributed by atoms with E-state index < -0.39 is 67.4 Å². The fourth-order valence-corrected chi connectivity index (χ4v) is 8.99. The summed E-state index contributed by atoms with van der Waals surface area (Å²) in [4.78, 5) is 26.5. The Morgan fingerprint density at radius 3 is 1.36 bits per heavy atom. The Bertz CT molecular complexity index is 1620. The number of ether oxygens (including phenoxy) is 3. The summed E-state index contributed by atoms with van der Waals surface area (Å²) in [5, 5.41) is 56.9. The fourth-order valence-electron chi connectivity index (χ4n) is 8.99. The molecule has 0 aromatic rings. The summed E-state index contributed by atoms with van der Waals surface area (Å²) >= 11 is 0. The van der Waals surface area contributed by atoms with Crippen molar-refractivity contribution < 1.29 is 49.3 Å². The van der Waals surface area contributed by atoms with Crippen molar-refractivity contribution in [3.8, 4) is 0 Å². The monoisotopic (exact) mass is 1080 g/mol. The first-order valence-corrected chi connectivity index (χ1v) is 31.0. The molecule has 0 bridgehead atoms. The van der Waals surface area contributed by atoms with Crippen LogP contribution in [0, 0.1) is 0 Å². The molecule has 77 heavy (non-hydrogen) atoms. The van der Waals surface area contributed by atoms with Crippen molar-refractivity contribution in [1.29, 1.82) is 0 Å². The maximum atomic E-state index is 13.4. The number of hydrogen-bond donors (Lipinski definition) is 6. The normalized spacial score (nSPS) is 19.7. The number of aliphatic hydroxyl groups excluding tert-OH is 5. The number of carbonyl (C=O) groups is 2. The number of aliphatic hydroxyl groups is 5. The van der Waals surface area contributed by atoms with Gasteiger partial charge in [0, 0.05) is 6.42 Å². The Balaban J connectivity index is 2.71. The van der Waals surface area contributed by atoms with E-state index in [0.29, 0.717) is 12.8 Å². The molecule has 1 heterocycles. The maximum Gasteiger partial charge on any atom is 0.306 e. The van der Waals surface area contributed by atoms with E-state index >= 15 is 0 Å². The van der Waals surface area contributed by atoms with Crippen LogP contribution in [0.3, 0.4) is 0 Å². The molecule has 8 atom stereocenters. The van der Waals surface area contributed by atoms with Gasteiger partial charge in [0.05, 0.1) is 25.4 Å². The largest absolute Gasteiger partial charge is 0.454 e. The SMILES string of the molecule is CCCCC/C=C\C/C=C\C/C=C\C/C=C\CCCCCCC(O)C(=O)NC(COC1OC(CO)C(O)C(O)C1OC(=O)CCCCCC/C=C\C/C=C\C/C=C\CCCCC)C(O)/C=C/CCCCCCCCCCC. The van der Waals surface area contributed by atoms with Crippen LogP contribution in [0.1, 0.15) is 245 Å². The number of nitrogens with one attached hydrogen (secondary N) is 1. The molecule has 1 saturated heterocycles. The van der Waals surface area contributed by atoms with Gasteiger partial charge >= 0.3 is 5.97 Å². The van der Waals surface area contributed by atoms with E-state index in [-0.39, 0.29) is 19.4 Å². The topological polar surface area (TPSA) is 175 Å². The van der Waals surface area contributed by atoms with E-state index in [1.54, 1.807) is 6.08 Å². The molecule has 1 rings (SSSR count). The first-order valence-electron chi connectivity index (χ1n) is 31.0. The number of unbranched alkanes of at least 4 members (excludes halogenated alkanes) is 23. The van der Waals surface area contributed by atoms with E-state index in [0.717, 1.165) is 116 Å². The third kappa shape index (κ3) is 41.3. The van der Waals surface area contributed by atoms with Gasteiger partial charge in [-0.15, -0.1) is 0 Å². The summed E-state index contributed by atoms with van der Waals surface area (Å²) in [6.07, 6.45) is 60.1. The number of amides is 1. The Labute approximate surface area is 469 Å². The van der Waals surface area contributed by atoms with Crippen LogP contribution >= 0.6 is 0 Å². The Morgan fingerprint density at radius 1 is 0.506 bits per heavy atom. The fraction of sp³-hybridized carbons (Fsp3) is 0.727. The van der Waals surface area contributed by atoms with Crippen LogP contribution in [-0.4, -0.2) is 99.6 Å². The lowest BCUT2D eigenvalue weighted by atomic mass is 9.99. The van der Waals surface area contributed by atoms with E-state index in [1.165, 1.54) is 83.5 Å². The first kappa shape index (κ1) is 71.6. The number of rotatable bonds is 51. The van der Waals surface area contributed by atoms with Crippen LogP contribution in [0.25, 0.3) is 0 Å². The van der Waals surface area contributed by atoms with Crippen molar-refractivity contribution in [2.75, 3.05) is 13.2 Å². The predicted molar refractivity (Wildman–Crippen MR) is 319 cm³/mol. The van der Waals surface area contributed by atoms with Crippen LogP contribution in [0.4, 0.5) is 0 Å². The van der Waals surface area contributed by atoms with Gasteiger partial charge in [0.2, 0.25) is 5.91 Å². The van der Waals surface area contributed by atoms with Crippen molar-refractivity contribution in [3.63, 3.8) is 0 Å². The second-order valence-corrected chi connectivity index (χ2v) is 21.1. The van der Waals surface area contributed by atoms with E-state index in [2.05, 4.69) is 111 Å². The average molecular weight is 1080 g/mol. The number of hydrogen-bond acceptors (Lipinski definition) is 10. The zero-order valence-corrected chi connectivity index (χ0v) is 48.8. The first-order chi connectivity index (χ1) is 37.7. The summed E-state index contributed by atoms with van der Waals surface area (Å²) in [7, 11) is 0. The van der Waals surface area contributed by atoms with Gasteiger partial charge in [-0.3, -0.25) is 9.59 Å². The van der Waals surface area contributed by atoms with Crippen molar-refractivity contribution in [1.82, 2.24) is 5.32 Å². The van der Waals surface area contributed by atoms with Crippen LogP contribution in [0.5, 0.6) is 0 Å². The van der Waals surface area contributed by atoms with Crippen molar-refractivity contribution in [2.24, 2.45) is 0 Å². The molecular weight excluding hydrogens is 967 g/mol. The Morgan fingerprint density at radius 2 is 0.896 bits per heavy atom. The molecule has 0 aliphatic carbocycles. The molecule has 11 heteroatoms. The summed E-state index contributed by atoms with van der Waals surface area (Å²) in [6.45, 7) is 5.69. The van der Waals surface area contributed by atoms with Crippen LogP contribution in [0.15, 0.2) is 97.2 Å². The van der Waals surface area contributed by atoms with Gasteiger partial charge in [0.25, 0.3) is 0 Å². The highest BCUT2D eigenvalue weighted by atomic mass is 16.7. The van der Waals surface area contributed by atoms with E-state index in [4.69, 9.17) is 14.2 Å². The Hall–Kier alpha value is -3.42. The maximum absolute atomic E-state index is 13.4. The highest BCUT2D eigenvalue weighted by Crippen LogP contribution is 2.26. The minimum absolute atomic E-state index is 0.0908. The zero-order chi connectivity index (χ0) is 56.1. The summed E-state index contributed by atoms with van der Waals surface area (Å²) in [5.41, 5.74) is 0. The van der Waals surface area contributed by atoms with E-state index in [1.807, 2.05) is 6.08 Å². The van der Waals surface area contributed by atoms with Gasteiger partial charge in [-0.25, -0.2) is 0 Å².